The predicted molar refractivity (Wildman–Crippen MR) is 134 cm³/mol. The van der Waals surface area contributed by atoms with Gasteiger partial charge in [0.05, 0.1) is 34.9 Å². The molecule has 2 N–H and O–H groups in total. The number of carbonyl (C=O) groups is 1. The number of fused-ring (bicyclic) bond motifs is 1. The molecule has 0 fully saturated rings. The highest BCUT2D eigenvalue weighted by Crippen LogP contribution is 2.22. The molecule has 5 aromatic rings. The maximum Gasteiger partial charge on any atom is 0.255 e. The second-order valence-electron chi connectivity index (χ2n) is 8.54. The molecule has 2 aromatic heterocycles. The summed E-state index contributed by atoms with van der Waals surface area (Å²) in [7, 11) is 0. The molecule has 6 heteroatoms. The highest BCUT2D eigenvalue weighted by atomic mass is 16.1. The van der Waals surface area contributed by atoms with Crippen LogP contribution < -0.4 is 5.32 Å². The van der Waals surface area contributed by atoms with Gasteiger partial charge in [0.1, 0.15) is 5.82 Å². The van der Waals surface area contributed by atoms with E-state index in [0.717, 1.165) is 33.7 Å². The molecule has 3 aromatic carbocycles. The van der Waals surface area contributed by atoms with Crippen molar-refractivity contribution < 1.29 is 4.79 Å². The summed E-state index contributed by atoms with van der Waals surface area (Å²) in [5.74, 6) is 0.598. The third-order valence-electron chi connectivity index (χ3n) is 6.11. The van der Waals surface area contributed by atoms with E-state index in [1.54, 1.807) is 0 Å². The van der Waals surface area contributed by atoms with Crippen LogP contribution in [0, 0.1) is 13.8 Å². The summed E-state index contributed by atoms with van der Waals surface area (Å²) < 4.78 is 1.90. The number of imidazole rings is 1. The number of nitrogens with one attached hydrogen (secondary N) is 2. The molecule has 0 spiro atoms. The number of para-hydroxylation sites is 2. The monoisotopic (exact) mass is 449 g/mol. The maximum absolute atomic E-state index is 13.5. The molecule has 1 atom stereocenters. The van der Waals surface area contributed by atoms with Gasteiger partial charge in [0.15, 0.2) is 0 Å². The Labute approximate surface area is 198 Å². The van der Waals surface area contributed by atoms with E-state index in [2.05, 4.69) is 39.7 Å². The number of aromatic nitrogens is 4. The number of hydrogen-bond donors (Lipinski definition) is 2. The van der Waals surface area contributed by atoms with Gasteiger partial charge in [-0.3, -0.25) is 9.48 Å². The van der Waals surface area contributed by atoms with Crippen LogP contribution in [0.5, 0.6) is 0 Å². The summed E-state index contributed by atoms with van der Waals surface area (Å²) in [6, 6.07) is 27.9. The van der Waals surface area contributed by atoms with E-state index < -0.39 is 0 Å². The number of H-pyrrole nitrogens is 1. The number of aryl methyl sites for hydroxylation is 1. The Hall–Kier alpha value is -4.19. The fourth-order valence-corrected chi connectivity index (χ4v) is 4.37. The van der Waals surface area contributed by atoms with E-state index in [0.29, 0.717) is 24.2 Å². The van der Waals surface area contributed by atoms with E-state index in [-0.39, 0.29) is 11.9 Å². The second-order valence-corrected chi connectivity index (χ2v) is 8.54. The van der Waals surface area contributed by atoms with Gasteiger partial charge in [-0.15, -0.1) is 0 Å². The van der Waals surface area contributed by atoms with Gasteiger partial charge in [0, 0.05) is 5.69 Å². The molecule has 6 nitrogen and oxygen atoms in total. The minimum Gasteiger partial charge on any atom is -0.342 e. The molecule has 0 aliphatic heterocycles. The summed E-state index contributed by atoms with van der Waals surface area (Å²) in [5, 5.41) is 7.89. The number of amides is 1. The van der Waals surface area contributed by atoms with Crippen LogP contribution in [0.3, 0.4) is 0 Å². The Morgan fingerprint density at radius 2 is 1.56 bits per heavy atom. The maximum atomic E-state index is 13.5. The van der Waals surface area contributed by atoms with Crippen molar-refractivity contribution in [1.82, 2.24) is 25.1 Å². The second kappa shape index (κ2) is 9.35. The van der Waals surface area contributed by atoms with E-state index in [1.165, 1.54) is 0 Å². The third-order valence-corrected chi connectivity index (χ3v) is 6.11. The van der Waals surface area contributed by atoms with Crippen LogP contribution in [0.25, 0.3) is 11.0 Å². The first-order valence-electron chi connectivity index (χ1n) is 11.5. The third kappa shape index (κ3) is 4.48. The molecule has 0 radical (unpaired) electrons. The van der Waals surface area contributed by atoms with Crippen LogP contribution in [0.1, 0.15) is 44.7 Å². The lowest BCUT2D eigenvalue weighted by atomic mass is 10.0. The van der Waals surface area contributed by atoms with Gasteiger partial charge in [-0.25, -0.2) is 4.98 Å². The highest BCUT2D eigenvalue weighted by molar-refractivity contribution is 5.96. The Bertz CT molecular complexity index is 1390. The number of carbonyl (C=O) groups excluding carboxylic acids is 1. The van der Waals surface area contributed by atoms with Gasteiger partial charge in [-0.2, -0.15) is 5.10 Å². The molecule has 0 saturated carbocycles. The lowest BCUT2D eigenvalue weighted by Gasteiger charge is -2.17. The van der Waals surface area contributed by atoms with E-state index in [1.807, 2.05) is 79.2 Å². The van der Waals surface area contributed by atoms with Crippen molar-refractivity contribution in [2.24, 2.45) is 0 Å². The Morgan fingerprint density at radius 1 is 0.912 bits per heavy atom. The Morgan fingerprint density at radius 3 is 2.26 bits per heavy atom. The fraction of sp³-hybridized carbons (Fsp3) is 0.179. The van der Waals surface area contributed by atoms with Gasteiger partial charge in [-0.05, 0) is 43.5 Å². The number of hydrogen-bond acceptors (Lipinski definition) is 3. The average molecular weight is 450 g/mol. The first kappa shape index (κ1) is 21.6. The zero-order chi connectivity index (χ0) is 23.5. The first-order valence-corrected chi connectivity index (χ1v) is 11.5. The molecule has 0 saturated heterocycles. The van der Waals surface area contributed by atoms with Crippen LogP contribution in [-0.4, -0.2) is 25.7 Å². The summed E-state index contributed by atoms with van der Waals surface area (Å²) in [4.78, 5) is 21.7. The molecule has 0 bridgehead atoms. The molecule has 0 aliphatic carbocycles. The van der Waals surface area contributed by atoms with Crippen molar-refractivity contribution in [3.63, 3.8) is 0 Å². The van der Waals surface area contributed by atoms with Crippen molar-refractivity contribution in [2.45, 2.75) is 32.9 Å². The van der Waals surface area contributed by atoms with Crippen LogP contribution >= 0.6 is 0 Å². The Kier molecular flexibility index (Phi) is 5.95. The number of aromatic amines is 1. The Balaban J connectivity index is 1.44. The topological polar surface area (TPSA) is 75.6 Å². The van der Waals surface area contributed by atoms with Crippen molar-refractivity contribution in [2.75, 3.05) is 0 Å². The van der Waals surface area contributed by atoms with Crippen molar-refractivity contribution >= 4 is 16.9 Å². The van der Waals surface area contributed by atoms with E-state index in [4.69, 9.17) is 4.98 Å². The normalized spacial score (nSPS) is 12.1. The highest BCUT2D eigenvalue weighted by Gasteiger charge is 2.24. The molecule has 34 heavy (non-hydrogen) atoms. The minimum atomic E-state index is -0.307. The quantitative estimate of drug-likeness (QED) is 0.361. The smallest absolute Gasteiger partial charge is 0.255 e. The van der Waals surface area contributed by atoms with Gasteiger partial charge >= 0.3 is 0 Å². The first-order chi connectivity index (χ1) is 16.6. The van der Waals surface area contributed by atoms with Gasteiger partial charge < -0.3 is 10.3 Å². The molecule has 2 heterocycles. The number of rotatable bonds is 7. The molecule has 1 amide bonds. The van der Waals surface area contributed by atoms with Crippen LogP contribution in [0.4, 0.5) is 0 Å². The summed E-state index contributed by atoms with van der Waals surface area (Å²) >= 11 is 0. The zero-order valence-corrected chi connectivity index (χ0v) is 19.3. The molecule has 170 valence electrons. The standard InChI is InChI=1S/C28H27N5O/c1-19-26(20(2)33(32-19)18-22-13-7-4-8-14-22)28(34)31-25(17-21-11-5-3-6-12-21)27-29-23-15-9-10-16-24(23)30-27/h3-16,25H,17-18H2,1-2H3,(H,29,30)(H,31,34)/t25-/m0/s1. The molecule has 0 aliphatic rings. The molecule has 5 rings (SSSR count). The van der Waals surface area contributed by atoms with Crippen LogP contribution in [-0.2, 0) is 13.0 Å². The summed E-state index contributed by atoms with van der Waals surface area (Å²) in [6.45, 7) is 4.46. The molecule has 0 unspecified atom stereocenters. The number of benzene rings is 3. The van der Waals surface area contributed by atoms with Crippen molar-refractivity contribution in [1.29, 1.82) is 0 Å². The van der Waals surface area contributed by atoms with Crippen molar-refractivity contribution in [3.05, 3.63) is 119 Å². The summed E-state index contributed by atoms with van der Waals surface area (Å²) in [6.07, 6.45) is 0.628. The molecular formula is C28H27N5O. The lowest BCUT2D eigenvalue weighted by molar-refractivity contribution is 0.0933. The summed E-state index contributed by atoms with van der Waals surface area (Å²) in [5.41, 5.74) is 6.28. The van der Waals surface area contributed by atoms with Crippen LogP contribution in [0.15, 0.2) is 84.9 Å². The van der Waals surface area contributed by atoms with Gasteiger partial charge in [0.2, 0.25) is 0 Å². The van der Waals surface area contributed by atoms with Gasteiger partial charge in [-0.1, -0.05) is 72.8 Å². The largest absolute Gasteiger partial charge is 0.342 e. The van der Waals surface area contributed by atoms with Crippen LogP contribution in [0.2, 0.25) is 0 Å². The minimum absolute atomic E-state index is 0.143. The number of nitrogens with zero attached hydrogens (tertiary/aromatic N) is 3. The zero-order valence-electron chi connectivity index (χ0n) is 19.3. The molecular weight excluding hydrogens is 422 g/mol. The SMILES string of the molecule is Cc1nn(Cc2ccccc2)c(C)c1C(=O)N[C@@H](Cc1ccccc1)c1nc2ccccc2[nH]1. The van der Waals surface area contributed by atoms with E-state index in [9.17, 15) is 4.79 Å². The van der Waals surface area contributed by atoms with Crippen molar-refractivity contribution in [3.8, 4) is 0 Å². The lowest BCUT2D eigenvalue weighted by Crippen LogP contribution is -2.31. The predicted octanol–water partition coefficient (Wildman–Crippen LogP) is 5.14. The fourth-order valence-electron chi connectivity index (χ4n) is 4.37. The average Bonchev–Trinajstić information content (AvgIpc) is 3.40. The van der Waals surface area contributed by atoms with Gasteiger partial charge in [0.25, 0.3) is 5.91 Å². The van der Waals surface area contributed by atoms with E-state index >= 15 is 0 Å².